The minimum atomic E-state index is 0.858. The number of rotatable bonds is 7. The first-order valence-electron chi connectivity index (χ1n) is 8.71. The number of nitrogens with zero attached hydrogens (tertiary/aromatic N) is 2. The maximum absolute atomic E-state index is 5.47. The molecule has 1 aliphatic heterocycles. The van der Waals surface area contributed by atoms with Crippen LogP contribution >= 0.6 is 0 Å². The fourth-order valence-corrected chi connectivity index (χ4v) is 3.30. The fourth-order valence-electron chi connectivity index (χ4n) is 3.30. The second-order valence-electron chi connectivity index (χ2n) is 6.60. The minimum Gasteiger partial charge on any atom is -0.361 e. The summed E-state index contributed by atoms with van der Waals surface area (Å²) < 4.78 is 5.47. The number of nitrogens with one attached hydrogen (secondary N) is 1. The third-order valence-corrected chi connectivity index (χ3v) is 4.62. The van der Waals surface area contributed by atoms with Crippen LogP contribution in [-0.2, 0) is 6.42 Å². The molecule has 1 aromatic heterocycles. The topological polar surface area (TPSA) is 41.3 Å². The van der Waals surface area contributed by atoms with Gasteiger partial charge in [0.05, 0.1) is 0 Å². The van der Waals surface area contributed by atoms with Crippen molar-refractivity contribution in [2.75, 3.05) is 33.2 Å². The lowest BCUT2D eigenvalue weighted by Crippen LogP contribution is -2.35. The maximum Gasteiger partial charge on any atom is 0.137 e. The molecule has 1 aromatic carbocycles. The van der Waals surface area contributed by atoms with Crippen LogP contribution in [0.2, 0.25) is 0 Å². The van der Waals surface area contributed by atoms with Crippen molar-refractivity contribution < 1.29 is 4.52 Å². The van der Waals surface area contributed by atoms with Crippen LogP contribution in [0.4, 0.5) is 0 Å². The molecule has 0 spiro atoms. The van der Waals surface area contributed by atoms with Gasteiger partial charge in [-0.25, -0.2) is 0 Å². The SMILES string of the molecule is CN(CCCc1cc(-c2ccccc2)no1)CC1CCNCC1. The van der Waals surface area contributed by atoms with Gasteiger partial charge in [-0.1, -0.05) is 35.5 Å². The zero-order valence-corrected chi connectivity index (χ0v) is 14.0. The number of benzene rings is 1. The summed E-state index contributed by atoms with van der Waals surface area (Å²) >= 11 is 0. The second kappa shape index (κ2) is 8.27. The third-order valence-electron chi connectivity index (χ3n) is 4.62. The van der Waals surface area contributed by atoms with Gasteiger partial charge in [0.25, 0.3) is 0 Å². The van der Waals surface area contributed by atoms with Gasteiger partial charge in [-0.05, 0) is 51.9 Å². The van der Waals surface area contributed by atoms with Crippen molar-refractivity contribution in [1.82, 2.24) is 15.4 Å². The van der Waals surface area contributed by atoms with Crippen molar-refractivity contribution >= 4 is 0 Å². The smallest absolute Gasteiger partial charge is 0.137 e. The van der Waals surface area contributed by atoms with Gasteiger partial charge in [0.1, 0.15) is 11.5 Å². The molecule has 124 valence electrons. The molecule has 1 fully saturated rings. The van der Waals surface area contributed by atoms with Gasteiger partial charge in [0, 0.05) is 24.6 Å². The van der Waals surface area contributed by atoms with Gasteiger partial charge in [-0.3, -0.25) is 0 Å². The van der Waals surface area contributed by atoms with Crippen LogP contribution in [0.5, 0.6) is 0 Å². The molecule has 0 atom stereocenters. The normalized spacial score (nSPS) is 16.1. The van der Waals surface area contributed by atoms with Crippen LogP contribution in [-0.4, -0.2) is 43.3 Å². The summed E-state index contributed by atoms with van der Waals surface area (Å²) in [5, 5.41) is 7.61. The van der Waals surface area contributed by atoms with Crippen LogP contribution in [0, 0.1) is 5.92 Å². The first kappa shape index (κ1) is 16.2. The Morgan fingerprint density at radius 3 is 2.78 bits per heavy atom. The van der Waals surface area contributed by atoms with Gasteiger partial charge < -0.3 is 14.7 Å². The van der Waals surface area contributed by atoms with Gasteiger partial charge >= 0.3 is 0 Å². The molecule has 4 heteroatoms. The number of aromatic nitrogens is 1. The molecule has 3 rings (SSSR count). The van der Waals surface area contributed by atoms with E-state index in [9.17, 15) is 0 Å². The van der Waals surface area contributed by atoms with Crippen LogP contribution in [0.15, 0.2) is 40.9 Å². The van der Waals surface area contributed by atoms with E-state index in [1.54, 1.807) is 0 Å². The van der Waals surface area contributed by atoms with E-state index < -0.39 is 0 Å². The predicted octanol–water partition coefficient (Wildman–Crippen LogP) is 3.21. The molecule has 1 N–H and O–H groups in total. The summed E-state index contributed by atoms with van der Waals surface area (Å²) in [4.78, 5) is 2.46. The van der Waals surface area contributed by atoms with E-state index in [1.807, 2.05) is 18.2 Å². The van der Waals surface area contributed by atoms with Crippen molar-refractivity contribution in [3.8, 4) is 11.3 Å². The van der Waals surface area contributed by atoms with Crippen molar-refractivity contribution in [1.29, 1.82) is 0 Å². The van der Waals surface area contributed by atoms with Crippen molar-refractivity contribution in [2.45, 2.75) is 25.7 Å². The lowest BCUT2D eigenvalue weighted by molar-refractivity contribution is 0.236. The highest BCUT2D eigenvalue weighted by atomic mass is 16.5. The van der Waals surface area contributed by atoms with Crippen LogP contribution in [0.1, 0.15) is 25.0 Å². The molecular weight excluding hydrogens is 286 g/mol. The molecule has 0 bridgehead atoms. The highest BCUT2D eigenvalue weighted by Gasteiger charge is 2.15. The molecule has 1 saturated heterocycles. The number of hydrogen-bond acceptors (Lipinski definition) is 4. The van der Waals surface area contributed by atoms with Crippen LogP contribution in [0.3, 0.4) is 0 Å². The van der Waals surface area contributed by atoms with E-state index in [2.05, 4.69) is 40.6 Å². The molecule has 0 unspecified atom stereocenters. The zero-order valence-electron chi connectivity index (χ0n) is 14.0. The molecule has 0 saturated carbocycles. The summed E-state index contributed by atoms with van der Waals surface area (Å²) in [7, 11) is 2.23. The highest BCUT2D eigenvalue weighted by molar-refractivity contribution is 5.58. The number of piperidine rings is 1. The van der Waals surface area contributed by atoms with Gasteiger partial charge in [-0.2, -0.15) is 0 Å². The van der Waals surface area contributed by atoms with Crippen molar-refractivity contribution in [2.24, 2.45) is 5.92 Å². The van der Waals surface area contributed by atoms with Crippen LogP contribution in [0.25, 0.3) is 11.3 Å². The third kappa shape index (κ3) is 4.91. The van der Waals surface area contributed by atoms with Gasteiger partial charge in [-0.15, -0.1) is 0 Å². The van der Waals surface area contributed by atoms with Crippen molar-refractivity contribution in [3.63, 3.8) is 0 Å². The Kier molecular flexibility index (Phi) is 5.83. The highest BCUT2D eigenvalue weighted by Crippen LogP contribution is 2.19. The predicted molar refractivity (Wildman–Crippen MR) is 93.4 cm³/mol. The average molecular weight is 313 g/mol. The van der Waals surface area contributed by atoms with E-state index in [-0.39, 0.29) is 0 Å². The average Bonchev–Trinajstić information content (AvgIpc) is 3.05. The number of hydrogen-bond donors (Lipinski definition) is 1. The van der Waals surface area contributed by atoms with Crippen molar-refractivity contribution in [3.05, 3.63) is 42.2 Å². The Morgan fingerprint density at radius 1 is 1.22 bits per heavy atom. The van der Waals surface area contributed by atoms with Crippen LogP contribution < -0.4 is 5.32 Å². The molecule has 0 amide bonds. The molecule has 1 aliphatic rings. The fraction of sp³-hybridized carbons (Fsp3) is 0.526. The molecule has 2 aromatic rings. The Morgan fingerprint density at radius 2 is 2.00 bits per heavy atom. The monoisotopic (exact) mass is 313 g/mol. The Bertz CT molecular complexity index is 575. The molecule has 0 aliphatic carbocycles. The van der Waals surface area contributed by atoms with Gasteiger partial charge in [0.15, 0.2) is 0 Å². The minimum absolute atomic E-state index is 0.858. The zero-order chi connectivity index (χ0) is 15.9. The first-order chi connectivity index (χ1) is 11.3. The quantitative estimate of drug-likeness (QED) is 0.852. The Hall–Kier alpha value is -1.65. The number of aryl methyl sites for hydroxylation is 1. The van der Waals surface area contributed by atoms with E-state index in [0.717, 1.165) is 42.3 Å². The first-order valence-corrected chi connectivity index (χ1v) is 8.71. The molecule has 23 heavy (non-hydrogen) atoms. The van der Waals surface area contributed by atoms with E-state index >= 15 is 0 Å². The lowest BCUT2D eigenvalue weighted by atomic mass is 9.97. The second-order valence-corrected chi connectivity index (χ2v) is 6.60. The molecule has 2 heterocycles. The molecule has 4 nitrogen and oxygen atoms in total. The van der Waals surface area contributed by atoms with Gasteiger partial charge in [0.2, 0.25) is 0 Å². The summed E-state index contributed by atoms with van der Waals surface area (Å²) in [5.41, 5.74) is 2.05. The maximum atomic E-state index is 5.47. The lowest BCUT2D eigenvalue weighted by Gasteiger charge is -2.27. The largest absolute Gasteiger partial charge is 0.361 e. The molecule has 0 radical (unpaired) electrons. The summed E-state index contributed by atoms with van der Waals surface area (Å²) in [6, 6.07) is 12.3. The van der Waals surface area contributed by atoms with E-state index in [0.29, 0.717) is 0 Å². The summed E-state index contributed by atoms with van der Waals surface area (Å²) in [5.74, 6) is 1.84. The standard InChI is InChI=1S/C19H27N3O/c1-22(15-16-9-11-20-12-10-16)13-5-8-18-14-19(21-23-18)17-6-3-2-4-7-17/h2-4,6-7,14,16,20H,5,8-13,15H2,1H3. The van der Waals surface area contributed by atoms with E-state index in [4.69, 9.17) is 4.52 Å². The summed E-state index contributed by atoms with van der Waals surface area (Å²) in [6.07, 6.45) is 4.70. The Labute approximate surface area is 138 Å². The summed E-state index contributed by atoms with van der Waals surface area (Å²) in [6.45, 7) is 4.69. The Balaban J connectivity index is 1.41. The van der Waals surface area contributed by atoms with E-state index in [1.165, 1.54) is 32.5 Å². The molecular formula is C19H27N3O.